The molecule has 0 spiro atoms. The van der Waals surface area contributed by atoms with E-state index in [1.54, 1.807) is 0 Å². The summed E-state index contributed by atoms with van der Waals surface area (Å²) in [6, 6.07) is 10.7. The van der Waals surface area contributed by atoms with Crippen molar-refractivity contribution in [2.75, 3.05) is 6.61 Å². The molecule has 1 rings (SSSR count). The minimum absolute atomic E-state index is 0.166. The van der Waals surface area contributed by atoms with Crippen molar-refractivity contribution in [2.24, 2.45) is 5.41 Å². The van der Waals surface area contributed by atoms with E-state index < -0.39 is 0 Å². The summed E-state index contributed by atoms with van der Waals surface area (Å²) in [5.74, 6) is 1.45. The van der Waals surface area contributed by atoms with Gasteiger partial charge in [-0.2, -0.15) is 5.26 Å². The zero-order valence-corrected chi connectivity index (χ0v) is 13.3. The van der Waals surface area contributed by atoms with E-state index >= 15 is 0 Å². The summed E-state index contributed by atoms with van der Waals surface area (Å²) in [5.41, 5.74) is 1.09. The fourth-order valence-electron chi connectivity index (χ4n) is 2.50. The van der Waals surface area contributed by atoms with Crippen LogP contribution >= 0.6 is 0 Å². The lowest BCUT2D eigenvalue weighted by atomic mass is 9.80. The van der Waals surface area contributed by atoms with Crippen molar-refractivity contribution in [3.63, 3.8) is 0 Å². The second-order valence-corrected chi connectivity index (χ2v) is 5.74. The Kier molecular flexibility index (Phi) is 6.58. The van der Waals surface area contributed by atoms with E-state index in [1.165, 1.54) is 5.56 Å². The average Bonchev–Trinajstić information content (AvgIpc) is 2.48. The lowest BCUT2D eigenvalue weighted by Crippen LogP contribution is -2.17. The van der Waals surface area contributed by atoms with Crippen LogP contribution in [-0.2, 0) is 0 Å². The molecule has 1 aromatic rings. The van der Waals surface area contributed by atoms with Crippen molar-refractivity contribution in [3.05, 3.63) is 29.8 Å². The van der Waals surface area contributed by atoms with E-state index in [-0.39, 0.29) is 5.41 Å². The van der Waals surface area contributed by atoms with E-state index in [9.17, 15) is 5.26 Å². The van der Waals surface area contributed by atoms with Gasteiger partial charge in [0.15, 0.2) is 0 Å². The molecular formula is C18H27NO. The summed E-state index contributed by atoms with van der Waals surface area (Å²) in [6.07, 6.45) is 3.69. The first-order chi connectivity index (χ1) is 9.58. The predicted octanol–water partition coefficient (Wildman–Crippen LogP) is 5.30. The fraction of sp³-hybridized carbons (Fsp3) is 0.611. The maximum Gasteiger partial charge on any atom is 0.122 e. The molecule has 0 saturated heterocycles. The smallest absolute Gasteiger partial charge is 0.122 e. The van der Waals surface area contributed by atoms with Gasteiger partial charge in [-0.1, -0.05) is 45.9 Å². The summed E-state index contributed by atoms with van der Waals surface area (Å²) in [7, 11) is 0. The first kappa shape index (κ1) is 16.6. The van der Waals surface area contributed by atoms with Gasteiger partial charge in [-0.15, -0.1) is 0 Å². The SMILES string of the molecule is CCC(C#N)(CC)CCCOc1ccccc1C(C)C. The molecule has 2 heteroatoms. The Morgan fingerprint density at radius 2 is 1.85 bits per heavy atom. The number of rotatable bonds is 8. The van der Waals surface area contributed by atoms with Crippen molar-refractivity contribution in [1.82, 2.24) is 0 Å². The van der Waals surface area contributed by atoms with Gasteiger partial charge in [-0.25, -0.2) is 0 Å². The number of hydrogen-bond acceptors (Lipinski definition) is 2. The number of nitriles is 1. The van der Waals surface area contributed by atoms with E-state index in [4.69, 9.17) is 4.74 Å². The zero-order chi connectivity index (χ0) is 15.0. The molecule has 0 aromatic heterocycles. The molecule has 0 atom stereocenters. The minimum Gasteiger partial charge on any atom is -0.493 e. The summed E-state index contributed by atoms with van der Waals surface area (Å²) < 4.78 is 5.92. The molecule has 0 radical (unpaired) electrons. The largest absolute Gasteiger partial charge is 0.493 e. The van der Waals surface area contributed by atoms with Crippen LogP contribution in [0.1, 0.15) is 64.9 Å². The first-order valence-corrected chi connectivity index (χ1v) is 7.71. The van der Waals surface area contributed by atoms with E-state index in [2.05, 4.69) is 45.9 Å². The summed E-state index contributed by atoms with van der Waals surface area (Å²) in [5, 5.41) is 9.32. The molecule has 1 aromatic carbocycles. The third-order valence-electron chi connectivity index (χ3n) is 4.19. The van der Waals surface area contributed by atoms with Crippen LogP contribution in [0.5, 0.6) is 5.75 Å². The van der Waals surface area contributed by atoms with Crippen molar-refractivity contribution in [3.8, 4) is 11.8 Å². The van der Waals surface area contributed by atoms with Gasteiger partial charge in [0.2, 0.25) is 0 Å². The van der Waals surface area contributed by atoms with Crippen LogP contribution < -0.4 is 4.74 Å². The van der Waals surface area contributed by atoms with Crippen LogP contribution in [0.15, 0.2) is 24.3 Å². The fourth-order valence-corrected chi connectivity index (χ4v) is 2.50. The van der Waals surface area contributed by atoms with Crippen molar-refractivity contribution in [2.45, 2.75) is 59.3 Å². The molecule has 20 heavy (non-hydrogen) atoms. The summed E-state index contributed by atoms with van der Waals surface area (Å²) >= 11 is 0. The van der Waals surface area contributed by atoms with E-state index in [0.717, 1.165) is 31.4 Å². The number of nitrogens with zero attached hydrogens (tertiary/aromatic N) is 1. The predicted molar refractivity (Wildman–Crippen MR) is 83.9 cm³/mol. The molecule has 0 aliphatic rings. The number of ether oxygens (including phenoxy) is 1. The monoisotopic (exact) mass is 273 g/mol. The third-order valence-corrected chi connectivity index (χ3v) is 4.19. The molecule has 0 saturated carbocycles. The number of hydrogen-bond donors (Lipinski definition) is 0. The molecular weight excluding hydrogens is 246 g/mol. The van der Waals surface area contributed by atoms with Gasteiger partial charge in [-0.05, 0) is 43.2 Å². The van der Waals surface area contributed by atoms with Crippen LogP contribution in [0.4, 0.5) is 0 Å². The van der Waals surface area contributed by atoms with Crippen molar-refractivity contribution < 1.29 is 4.74 Å². The number of benzene rings is 1. The molecule has 0 heterocycles. The van der Waals surface area contributed by atoms with E-state index in [1.807, 2.05) is 12.1 Å². The molecule has 110 valence electrons. The quantitative estimate of drug-likeness (QED) is 0.602. The summed E-state index contributed by atoms with van der Waals surface area (Å²) in [6.45, 7) is 9.24. The van der Waals surface area contributed by atoms with Crippen LogP contribution in [0.3, 0.4) is 0 Å². The van der Waals surface area contributed by atoms with Gasteiger partial charge >= 0.3 is 0 Å². The molecule has 0 bridgehead atoms. The Morgan fingerprint density at radius 3 is 2.40 bits per heavy atom. The van der Waals surface area contributed by atoms with E-state index in [0.29, 0.717) is 12.5 Å². The average molecular weight is 273 g/mol. The van der Waals surface area contributed by atoms with Gasteiger partial charge in [0.1, 0.15) is 5.75 Å². The molecule has 0 aliphatic heterocycles. The maximum absolute atomic E-state index is 9.32. The normalized spacial score (nSPS) is 11.4. The standard InChI is InChI=1S/C18H27NO/c1-5-18(6-2,14-19)12-9-13-20-17-11-8-7-10-16(17)15(3)4/h7-8,10-11,15H,5-6,9,12-13H2,1-4H3. The second-order valence-electron chi connectivity index (χ2n) is 5.74. The highest BCUT2D eigenvalue weighted by atomic mass is 16.5. The Balaban J connectivity index is 2.52. The second kappa shape index (κ2) is 7.94. The Hall–Kier alpha value is -1.49. The lowest BCUT2D eigenvalue weighted by molar-refractivity contribution is 0.257. The summed E-state index contributed by atoms with van der Waals surface area (Å²) in [4.78, 5) is 0. The van der Waals surface area contributed by atoms with Crippen LogP contribution in [0, 0.1) is 16.7 Å². The molecule has 0 aliphatic carbocycles. The third kappa shape index (κ3) is 4.27. The highest BCUT2D eigenvalue weighted by molar-refractivity contribution is 5.35. The molecule has 0 amide bonds. The van der Waals surface area contributed by atoms with Crippen molar-refractivity contribution in [1.29, 1.82) is 5.26 Å². The van der Waals surface area contributed by atoms with Crippen LogP contribution in [-0.4, -0.2) is 6.61 Å². The Morgan fingerprint density at radius 1 is 1.20 bits per heavy atom. The topological polar surface area (TPSA) is 33.0 Å². The Labute approximate surface area is 123 Å². The van der Waals surface area contributed by atoms with Gasteiger partial charge in [0.05, 0.1) is 18.1 Å². The Bertz CT molecular complexity index is 441. The van der Waals surface area contributed by atoms with Gasteiger partial charge in [-0.3, -0.25) is 0 Å². The van der Waals surface area contributed by atoms with Gasteiger partial charge in [0, 0.05) is 0 Å². The van der Waals surface area contributed by atoms with Crippen molar-refractivity contribution >= 4 is 0 Å². The minimum atomic E-state index is -0.166. The van der Waals surface area contributed by atoms with Gasteiger partial charge < -0.3 is 4.74 Å². The molecule has 2 nitrogen and oxygen atoms in total. The maximum atomic E-state index is 9.32. The van der Waals surface area contributed by atoms with Crippen LogP contribution in [0.2, 0.25) is 0 Å². The highest BCUT2D eigenvalue weighted by Crippen LogP contribution is 2.31. The molecule has 0 unspecified atom stereocenters. The molecule has 0 N–H and O–H groups in total. The zero-order valence-electron chi connectivity index (χ0n) is 13.3. The highest BCUT2D eigenvalue weighted by Gasteiger charge is 2.24. The first-order valence-electron chi connectivity index (χ1n) is 7.71. The molecule has 0 fully saturated rings. The number of para-hydroxylation sites is 1. The van der Waals surface area contributed by atoms with Gasteiger partial charge in [0.25, 0.3) is 0 Å². The lowest BCUT2D eigenvalue weighted by Gasteiger charge is -2.23. The van der Waals surface area contributed by atoms with Crippen LogP contribution in [0.25, 0.3) is 0 Å².